The van der Waals surface area contributed by atoms with Crippen LogP contribution in [0.15, 0.2) is 0 Å². The van der Waals surface area contributed by atoms with Gasteiger partial charge in [-0.2, -0.15) is 0 Å². The molecular weight excluding hydrogens is 256 g/mol. The van der Waals surface area contributed by atoms with Crippen molar-refractivity contribution in [1.82, 2.24) is 9.80 Å². The van der Waals surface area contributed by atoms with E-state index in [1.165, 1.54) is 25.8 Å². The fourth-order valence-electron chi connectivity index (χ4n) is 2.48. The van der Waals surface area contributed by atoms with Crippen LogP contribution in [0.4, 0.5) is 4.79 Å². The van der Waals surface area contributed by atoms with Crippen LogP contribution in [0, 0.1) is 5.92 Å². The van der Waals surface area contributed by atoms with Crippen LogP contribution < -0.4 is 0 Å². The Balaban J connectivity index is 0.000000956. The summed E-state index contributed by atoms with van der Waals surface area (Å²) in [7, 11) is 1.00. The van der Waals surface area contributed by atoms with E-state index in [1.807, 2.05) is 25.7 Å². The molecule has 1 heterocycles. The summed E-state index contributed by atoms with van der Waals surface area (Å²) in [6.45, 7) is 10.6. The highest BCUT2D eigenvalue weighted by molar-refractivity contribution is 5.68. The van der Waals surface area contributed by atoms with Gasteiger partial charge in [-0.1, -0.05) is 6.42 Å². The van der Waals surface area contributed by atoms with E-state index in [2.05, 4.69) is 4.90 Å². The van der Waals surface area contributed by atoms with Crippen molar-refractivity contribution in [3.63, 3.8) is 0 Å². The van der Waals surface area contributed by atoms with Gasteiger partial charge in [0.2, 0.25) is 0 Å². The molecule has 1 saturated heterocycles. The van der Waals surface area contributed by atoms with Crippen molar-refractivity contribution < 1.29 is 14.6 Å². The minimum Gasteiger partial charge on any atom is -0.444 e. The zero-order valence-electron chi connectivity index (χ0n) is 13.4. The number of ether oxygens (including phenoxy) is 1. The van der Waals surface area contributed by atoms with E-state index in [0.29, 0.717) is 0 Å². The Morgan fingerprint density at radius 2 is 1.70 bits per heavy atom. The van der Waals surface area contributed by atoms with E-state index in [0.717, 1.165) is 39.2 Å². The monoisotopic (exact) mass is 286 g/mol. The Morgan fingerprint density at radius 3 is 2.10 bits per heavy atom. The third kappa shape index (κ3) is 5.67. The van der Waals surface area contributed by atoms with Crippen molar-refractivity contribution >= 4 is 6.09 Å². The zero-order valence-corrected chi connectivity index (χ0v) is 13.4. The number of aliphatic hydroxyl groups excluding tert-OH is 1. The van der Waals surface area contributed by atoms with Crippen molar-refractivity contribution in [3.8, 4) is 0 Å². The molecule has 0 aromatic rings. The lowest BCUT2D eigenvalue weighted by molar-refractivity contribution is 0.0121. The molecule has 0 radical (unpaired) electrons. The largest absolute Gasteiger partial charge is 0.444 e. The normalized spacial score (nSPS) is 20.8. The summed E-state index contributed by atoms with van der Waals surface area (Å²) < 4.78 is 5.39. The van der Waals surface area contributed by atoms with Crippen LogP contribution in [0.5, 0.6) is 0 Å². The summed E-state index contributed by atoms with van der Waals surface area (Å²) in [5.74, 6) is 0.915. The first-order valence-electron chi connectivity index (χ1n) is 7.59. The van der Waals surface area contributed by atoms with Crippen molar-refractivity contribution in [3.05, 3.63) is 0 Å². The number of amides is 1. The molecule has 1 amide bonds. The Bertz CT molecular complexity index is 290. The number of carbonyl (C=O) groups excluding carboxylic acids is 1. The third-order valence-corrected chi connectivity index (χ3v) is 3.77. The quantitative estimate of drug-likeness (QED) is 0.843. The van der Waals surface area contributed by atoms with Gasteiger partial charge in [0.1, 0.15) is 5.60 Å². The molecule has 0 atom stereocenters. The Kier molecular flexibility index (Phi) is 6.76. The number of piperazine rings is 1. The van der Waals surface area contributed by atoms with Gasteiger partial charge in [0.25, 0.3) is 0 Å². The van der Waals surface area contributed by atoms with E-state index in [-0.39, 0.29) is 11.7 Å². The first-order valence-corrected chi connectivity index (χ1v) is 7.59. The highest BCUT2D eigenvalue weighted by Gasteiger charge is 2.27. The van der Waals surface area contributed by atoms with Gasteiger partial charge < -0.3 is 14.7 Å². The van der Waals surface area contributed by atoms with E-state index in [1.54, 1.807) is 0 Å². The van der Waals surface area contributed by atoms with E-state index in [9.17, 15) is 4.79 Å². The summed E-state index contributed by atoms with van der Waals surface area (Å²) in [6, 6.07) is 0. The van der Waals surface area contributed by atoms with Crippen LogP contribution in [0.2, 0.25) is 0 Å². The molecule has 0 aromatic carbocycles. The average molecular weight is 286 g/mol. The Labute approximate surface area is 122 Å². The van der Waals surface area contributed by atoms with E-state index < -0.39 is 0 Å². The topological polar surface area (TPSA) is 53.0 Å². The van der Waals surface area contributed by atoms with Crippen LogP contribution in [0.25, 0.3) is 0 Å². The first-order chi connectivity index (χ1) is 9.44. The van der Waals surface area contributed by atoms with E-state index >= 15 is 0 Å². The van der Waals surface area contributed by atoms with Crippen LogP contribution >= 0.6 is 0 Å². The van der Waals surface area contributed by atoms with Crippen LogP contribution in [0.3, 0.4) is 0 Å². The minimum absolute atomic E-state index is 0.161. The molecule has 1 aliphatic heterocycles. The van der Waals surface area contributed by atoms with Crippen molar-refractivity contribution in [2.45, 2.75) is 45.6 Å². The molecule has 2 aliphatic rings. The predicted octanol–water partition coefficient (Wildman–Crippen LogP) is 1.95. The number of hydrogen-bond acceptors (Lipinski definition) is 4. The number of aliphatic hydroxyl groups is 1. The van der Waals surface area contributed by atoms with Gasteiger partial charge in [-0.15, -0.1) is 0 Å². The van der Waals surface area contributed by atoms with Gasteiger partial charge >= 0.3 is 6.09 Å². The van der Waals surface area contributed by atoms with Gasteiger partial charge in [-0.05, 0) is 39.5 Å². The molecule has 0 bridgehead atoms. The SMILES string of the molecule is CC(C)(C)OC(=O)N1CCN(CC2CCC2)CC1.CO. The standard InChI is InChI=1S/C14H26N2O2.CH4O/c1-14(2,3)18-13(17)16-9-7-15(8-10-16)11-12-5-4-6-12;1-2/h12H,4-11H2,1-3H3;2H,1H3. The lowest BCUT2D eigenvalue weighted by atomic mass is 9.85. The van der Waals surface area contributed by atoms with Gasteiger partial charge in [0.15, 0.2) is 0 Å². The van der Waals surface area contributed by atoms with Crippen LogP contribution in [-0.4, -0.2) is 66.4 Å². The minimum atomic E-state index is -0.389. The van der Waals surface area contributed by atoms with Crippen LogP contribution in [-0.2, 0) is 4.74 Å². The van der Waals surface area contributed by atoms with Gasteiger partial charge in [-0.3, -0.25) is 4.90 Å². The predicted molar refractivity (Wildman–Crippen MR) is 79.7 cm³/mol. The summed E-state index contributed by atoms with van der Waals surface area (Å²) in [4.78, 5) is 16.2. The molecule has 0 unspecified atom stereocenters. The molecule has 0 spiro atoms. The molecule has 118 valence electrons. The summed E-state index contributed by atoms with van der Waals surface area (Å²) in [5.41, 5.74) is -0.389. The lowest BCUT2D eigenvalue weighted by Crippen LogP contribution is -2.51. The molecule has 2 fully saturated rings. The van der Waals surface area contributed by atoms with Gasteiger partial charge in [0.05, 0.1) is 0 Å². The number of nitrogens with zero attached hydrogens (tertiary/aromatic N) is 2. The van der Waals surface area contributed by atoms with Gasteiger partial charge in [-0.25, -0.2) is 4.79 Å². The molecule has 1 N–H and O–H groups in total. The number of carbonyl (C=O) groups is 1. The average Bonchev–Trinajstić information content (AvgIpc) is 2.35. The summed E-state index contributed by atoms with van der Waals surface area (Å²) in [5, 5.41) is 7.00. The van der Waals surface area contributed by atoms with E-state index in [4.69, 9.17) is 9.84 Å². The lowest BCUT2D eigenvalue weighted by Gasteiger charge is -2.38. The molecular formula is C15H30N2O3. The Morgan fingerprint density at radius 1 is 1.15 bits per heavy atom. The van der Waals surface area contributed by atoms with Crippen LogP contribution in [0.1, 0.15) is 40.0 Å². The molecule has 5 nitrogen and oxygen atoms in total. The highest BCUT2D eigenvalue weighted by atomic mass is 16.6. The second-order valence-electron chi connectivity index (χ2n) is 6.56. The molecule has 2 rings (SSSR count). The fourth-order valence-corrected chi connectivity index (χ4v) is 2.48. The number of hydrogen-bond donors (Lipinski definition) is 1. The molecule has 1 saturated carbocycles. The molecule has 1 aliphatic carbocycles. The first kappa shape index (κ1) is 17.2. The zero-order chi connectivity index (χ0) is 15.2. The maximum absolute atomic E-state index is 11.9. The molecule has 0 aromatic heterocycles. The number of rotatable bonds is 2. The fraction of sp³-hybridized carbons (Fsp3) is 0.933. The van der Waals surface area contributed by atoms with Crippen molar-refractivity contribution in [2.75, 3.05) is 39.8 Å². The second kappa shape index (κ2) is 7.84. The third-order valence-electron chi connectivity index (χ3n) is 3.77. The maximum atomic E-state index is 11.9. The van der Waals surface area contributed by atoms with Crippen molar-refractivity contribution in [2.24, 2.45) is 5.92 Å². The highest BCUT2D eigenvalue weighted by Crippen LogP contribution is 2.27. The second-order valence-corrected chi connectivity index (χ2v) is 6.56. The summed E-state index contributed by atoms with van der Waals surface area (Å²) in [6.07, 6.45) is 4.03. The van der Waals surface area contributed by atoms with Gasteiger partial charge in [0, 0.05) is 39.8 Å². The molecule has 5 heteroatoms. The molecule has 20 heavy (non-hydrogen) atoms. The Hall–Kier alpha value is -0.810. The smallest absolute Gasteiger partial charge is 0.410 e. The van der Waals surface area contributed by atoms with Crippen molar-refractivity contribution in [1.29, 1.82) is 0 Å². The maximum Gasteiger partial charge on any atom is 0.410 e. The summed E-state index contributed by atoms with van der Waals surface area (Å²) >= 11 is 0.